The molecule has 2 aliphatic rings. The Hall–Kier alpha value is -1.63. The van der Waals surface area contributed by atoms with Crippen LogP contribution in [0.1, 0.15) is 44.9 Å². The van der Waals surface area contributed by atoms with Crippen LogP contribution in [0, 0.1) is 0 Å². The van der Waals surface area contributed by atoms with Crippen LogP contribution < -0.4 is 10.6 Å². The molecule has 0 radical (unpaired) electrons. The molecule has 1 heterocycles. The van der Waals surface area contributed by atoms with Crippen molar-refractivity contribution in [3.8, 4) is 0 Å². The highest BCUT2D eigenvalue weighted by Crippen LogP contribution is 2.27. The first-order valence-electron chi connectivity index (χ1n) is 7.07. The maximum Gasteiger partial charge on any atom is 0.432 e. The molecule has 2 N–H and O–H groups in total. The van der Waals surface area contributed by atoms with Gasteiger partial charge in [-0.15, -0.1) is 5.06 Å². The monoisotopic (exact) mass is 283 g/mol. The first kappa shape index (κ1) is 14.8. The van der Waals surface area contributed by atoms with E-state index in [1.54, 1.807) is 0 Å². The molecule has 0 atom stereocenters. The highest BCUT2D eigenvalue weighted by Gasteiger charge is 2.34. The molecule has 20 heavy (non-hydrogen) atoms. The zero-order valence-electron chi connectivity index (χ0n) is 11.7. The average molecular weight is 283 g/mol. The molecule has 0 aromatic carbocycles. The van der Waals surface area contributed by atoms with E-state index in [1.165, 1.54) is 6.42 Å². The number of hydrogen-bond donors (Lipinski definition) is 2. The number of hydroxylamine groups is 2. The summed E-state index contributed by atoms with van der Waals surface area (Å²) in [6.07, 6.45) is 4.90. The van der Waals surface area contributed by atoms with Crippen LogP contribution in [0.25, 0.3) is 0 Å². The first-order valence-corrected chi connectivity index (χ1v) is 7.07. The summed E-state index contributed by atoms with van der Waals surface area (Å²) in [4.78, 5) is 39.1. The van der Waals surface area contributed by atoms with Gasteiger partial charge in [0.1, 0.15) is 0 Å². The normalized spacial score (nSPS) is 21.9. The second-order valence-corrected chi connectivity index (χ2v) is 5.41. The van der Waals surface area contributed by atoms with E-state index in [-0.39, 0.29) is 18.4 Å². The van der Waals surface area contributed by atoms with E-state index in [4.69, 9.17) is 4.84 Å². The average Bonchev–Trinajstić information content (AvgIpc) is 2.78. The summed E-state index contributed by atoms with van der Waals surface area (Å²) in [6.45, 7) is 0.429. The number of likely N-dealkylation sites (N-methyl/N-ethyl adjacent to an activating group) is 1. The number of amides is 3. The van der Waals surface area contributed by atoms with Gasteiger partial charge in [0, 0.05) is 24.9 Å². The summed E-state index contributed by atoms with van der Waals surface area (Å²) in [5.41, 5.74) is -0.115. The van der Waals surface area contributed by atoms with Crippen LogP contribution in [0.3, 0.4) is 0 Å². The Kier molecular flexibility index (Phi) is 4.59. The molecule has 0 bridgehead atoms. The van der Waals surface area contributed by atoms with Gasteiger partial charge in [-0.25, -0.2) is 4.79 Å². The van der Waals surface area contributed by atoms with E-state index in [1.807, 2.05) is 7.05 Å². The summed E-state index contributed by atoms with van der Waals surface area (Å²) in [6, 6.07) is 0. The van der Waals surface area contributed by atoms with Gasteiger partial charge in [0.25, 0.3) is 11.8 Å². The number of nitrogens with zero attached hydrogens (tertiary/aromatic N) is 1. The smallest absolute Gasteiger partial charge is 0.318 e. The highest BCUT2D eigenvalue weighted by molar-refractivity contribution is 6.01. The van der Waals surface area contributed by atoms with Crippen molar-refractivity contribution in [2.45, 2.75) is 50.5 Å². The molecule has 1 saturated carbocycles. The van der Waals surface area contributed by atoms with Crippen molar-refractivity contribution in [2.24, 2.45) is 0 Å². The first-order chi connectivity index (χ1) is 9.56. The van der Waals surface area contributed by atoms with Crippen molar-refractivity contribution in [1.29, 1.82) is 0 Å². The number of imide groups is 1. The number of carbonyl (C=O) groups excluding carboxylic acids is 3. The van der Waals surface area contributed by atoms with E-state index in [0.29, 0.717) is 11.6 Å². The molecule has 7 heteroatoms. The van der Waals surface area contributed by atoms with Gasteiger partial charge in [0.2, 0.25) is 0 Å². The molecule has 3 amide bonds. The molecular weight excluding hydrogens is 262 g/mol. The van der Waals surface area contributed by atoms with E-state index in [9.17, 15) is 14.4 Å². The fourth-order valence-corrected chi connectivity index (χ4v) is 2.76. The van der Waals surface area contributed by atoms with E-state index >= 15 is 0 Å². The Bertz CT molecular complexity index is 388. The summed E-state index contributed by atoms with van der Waals surface area (Å²) < 4.78 is 0. The fraction of sp³-hybridized carbons (Fsp3) is 0.769. The van der Waals surface area contributed by atoms with E-state index in [2.05, 4.69) is 10.6 Å². The van der Waals surface area contributed by atoms with Crippen molar-refractivity contribution in [3.63, 3.8) is 0 Å². The zero-order chi connectivity index (χ0) is 14.6. The summed E-state index contributed by atoms with van der Waals surface area (Å²) in [5.74, 6) is -0.933. The Morgan fingerprint density at radius 1 is 1.20 bits per heavy atom. The highest BCUT2D eigenvalue weighted by atomic mass is 16.7. The molecule has 0 aromatic rings. The van der Waals surface area contributed by atoms with Gasteiger partial charge in [-0.05, 0) is 19.9 Å². The van der Waals surface area contributed by atoms with Crippen molar-refractivity contribution >= 4 is 17.9 Å². The van der Waals surface area contributed by atoms with Crippen LogP contribution >= 0.6 is 0 Å². The Morgan fingerprint density at radius 2 is 1.80 bits per heavy atom. The Morgan fingerprint density at radius 3 is 2.35 bits per heavy atom. The SMILES string of the molecule is CNC1(CNC(=O)ON2C(=O)CCC2=O)CCCCC1. The van der Waals surface area contributed by atoms with Crippen molar-refractivity contribution in [1.82, 2.24) is 15.7 Å². The molecule has 1 aliphatic heterocycles. The molecule has 7 nitrogen and oxygen atoms in total. The van der Waals surface area contributed by atoms with Crippen molar-refractivity contribution < 1.29 is 19.2 Å². The van der Waals surface area contributed by atoms with Crippen molar-refractivity contribution in [3.05, 3.63) is 0 Å². The van der Waals surface area contributed by atoms with Crippen molar-refractivity contribution in [2.75, 3.05) is 13.6 Å². The Labute approximate surface area is 118 Å². The van der Waals surface area contributed by atoms with Gasteiger partial charge in [0.05, 0.1) is 0 Å². The van der Waals surface area contributed by atoms with E-state index < -0.39 is 17.9 Å². The molecule has 0 unspecified atom stereocenters. The second-order valence-electron chi connectivity index (χ2n) is 5.41. The van der Waals surface area contributed by atoms with Crippen LogP contribution in [0.2, 0.25) is 0 Å². The zero-order valence-corrected chi connectivity index (χ0v) is 11.7. The predicted octanol–water partition coefficient (Wildman–Crippen LogP) is 0.699. The molecule has 1 aliphatic carbocycles. The van der Waals surface area contributed by atoms with Crippen LogP contribution in [0.15, 0.2) is 0 Å². The molecule has 0 aromatic heterocycles. The lowest BCUT2D eigenvalue weighted by Gasteiger charge is -2.37. The molecular formula is C13H21N3O4. The van der Waals surface area contributed by atoms with Gasteiger partial charge in [-0.3, -0.25) is 9.59 Å². The number of rotatable bonds is 4. The maximum atomic E-state index is 11.7. The lowest BCUT2D eigenvalue weighted by atomic mass is 9.82. The summed E-state index contributed by atoms with van der Waals surface area (Å²) >= 11 is 0. The Balaban J connectivity index is 1.82. The van der Waals surface area contributed by atoms with Gasteiger partial charge in [0.15, 0.2) is 0 Å². The third kappa shape index (κ3) is 3.27. The number of hydrogen-bond acceptors (Lipinski definition) is 5. The van der Waals surface area contributed by atoms with Gasteiger partial charge in [-0.2, -0.15) is 0 Å². The third-order valence-electron chi connectivity index (χ3n) is 4.09. The lowest BCUT2D eigenvalue weighted by molar-refractivity contribution is -0.171. The lowest BCUT2D eigenvalue weighted by Crippen LogP contribution is -2.53. The van der Waals surface area contributed by atoms with Crippen LogP contribution in [-0.4, -0.2) is 42.1 Å². The van der Waals surface area contributed by atoms with Gasteiger partial charge in [-0.1, -0.05) is 19.3 Å². The van der Waals surface area contributed by atoms with E-state index in [0.717, 1.165) is 25.7 Å². The maximum absolute atomic E-state index is 11.7. The molecule has 1 saturated heterocycles. The minimum Gasteiger partial charge on any atom is -0.318 e. The summed E-state index contributed by atoms with van der Waals surface area (Å²) in [5, 5.41) is 6.47. The minimum absolute atomic E-state index is 0.104. The summed E-state index contributed by atoms with van der Waals surface area (Å²) in [7, 11) is 1.88. The molecule has 2 fully saturated rings. The van der Waals surface area contributed by atoms with Crippen LogP contribution in [-0.2, 0) is 14.4 Å². The number of carbonyl (C=O) groups is 3. The molecule has 0 spiro atoms. The standard InChI is InChI=1S/C13H21N3O4/c1-14-13(7-3-2-4-8-13)9-15-12(19)20-16-10(17)5-6-11(16)18/h14H,2-9H2,1H3,(H,15,19). The minimum atomic E-state index is -0.756. The van der Waals surface area contributed by atoms with Gasteiger partial charge < -0.3 is 15.5 Å². The number of nitrogens with one attached hydrogen (secondary N) is 2. The second kappa shape index (κ2) is 6.21. The molecule has 2 rings (SSSR count). The van der Waals surface area contributed by atoms with Gasteiger partial charge >= 0.3 is 6.09 Å². The molecule has 112 valence electrons. The van der Waals surface area contributed by atoms with Crippen LogP contribution in [0.4, 0.5) is 4.79 Å². The predicted molar refractivity (Wildman–Crippen MR) is 70.4 cm³/mol. The third-order valence-corrected chi connectivity index (χ3v) is 4.09. The quantitative estimate of drug-likeness (QED) is 0.741. The largest absolute Gasteiger partial charge is 0.432 e. The topological polar surface area (TPSA) is 87.7 Å². The fourth-order valence-electron chi connectivity index (χ4n) is 2.76. The van der Waals surface area contributed by atoms with Crippen LogP contribution in [0.5, 0.6) is 0 Å².